The Kier molecular flexibility index (Phi) is 16.5. The molecule has 27 heavy (non-hydrogen) atoms. The van der Waals surface area contributed by atoms with Gasteiger partial charge < -0.3 is 21.8 Å². The molecule has 0 atom stereocenters. The summed E-state index contributed by atoms with van der Waals surface area (Å²) in [6.45, 7) is 6.07. The van der Waals surface area contributed by atoms with Crippen molar-refractivity contribution in [1.29, 1.82) is 0 Å². The molecule has 0 aromatic heterocycles. The lowest BCUT2D eigenvalue weighted by molar-refractivity contribution is -0.883. The topological polar surface area (TPSA) is 20.3 Å². The molecule has 1 heterocycles. The summed E-state index contributed by atoms with van der Waals surface area (Å²) >= 11 is 0. The molecule has 1 fully saturated rings. The van der Waals surface area contributed by atoms with Crippen LogP contribution in [0.5, 0.6) is 0 Å². The van der Waals surface area contributed by atoms with Gasteiger partial charge in [-0.05, 0) is 32.1 Å². The van der Waals surface area contributed by atoms with Crippen LogP contribution in [-0.2, 0) is 4.79 Å². The summed E-state index contributed by atoms with van der Waals surface area (Å²) < 4.78 is 0.854. The molecule has 0 bridgehead atoms. The van der Waals surface area contributed by atoms with E-state index >= 15 is 0 Å². The van der Waals surface area contributed by atoms with Crippen LogP contribution in [0.3, 0.4) is 0 Å². The van der Waals surface area contributed by atoms with Crippen LogP contribution in [0.1, 0.15) is 103 Å². The molecule has 0 N–H and O–H groups in total. The Hall–Kier alpha value is -0.280. The van der Waals surface area contributed by atoms with Crippen LogP contribution in [0, 0.1) is 0 Å². The number of rotatable bonds is 15. The van der Waals surface area contributed by atoms with Crippen LogP contribution in [-0.4, -0.2) is 55.6 Å². The van der Waals surface area contributed by atoms with E-state index in [2.05, 4.69) is 25.9 Å². The Labute approximate surface area is 176 Å². The van der Waals surface area contributed by atoms with Crippen molar-refractivity contribution in [3.8, 4) is 0 Å². The Morgan fingerprint density at radius 3 is 1.67 bits per heavy atom. The molecule has 0 saturated carbocycles. The lowest BCUT2D eigenvalue weighted by Gasteiger charge is -2.33. The average Bonchev–Trinajstić information content (AvgIpc) is 2.63. The number of likely N-dealkylation sites (tertiary alicyclic amines) is 1. The quantitative estimate of drug-likeness (QED) is 0.304. The highest BCUT2D eigenvalue weighted by molar-refractivity contribution is 5.77. The van der Waals surface area contributed by atoms with Gasteiger partial charge in [-0.25, -0.2) is 0 Å². The van der Waals surface area contributed by atoms with E-state index in [1.165, 1.54) is 96.3 Å². The third kappa shape index (κ3) is 14.4. The fourth-order valence-corrected chi connectivity index (χ4v) is 4.07. The largest absolute Gasteiger partial charge is 1.00 e. The number of hydrogen-bond donors (Lipinski definition) is 0. The number of nitrogens with zero attached hydrogens (tertiary/aromatic N) is 2. The molecule has 1 aliphatic heterocycles. The third-order valence-corrected chi connectivity index (χ3v) is 5.89. The number of quaternary nitrogens is 1. The van der Waals surface area contributed by atoms with Gasteiger partial charge in [0.1, 0.15) is 0 Å². The zero-order chi connectivity index (χ0) is 19.1. The first-order chi connectivity index (χ1) is 12.5. The van der Waals surface area contributed by atoms with Gasteiger partial charge in [-0.3, -0.25) is 4.79 Å². The second-order valence-corrected chi connectivity index (χ2v) is 9.15. The molecule has 0 aromatic carbocycles. The van der Waals surface area contributed by atoms with E-state index in [0.29, 0.717) is 12.5 Å². The van der Waals surface area contributed by atoms with Gasteiger partial charge in [0.25, 0.3) is 5.91 Å². The highest BCUT2D eigenvalue weighted by Gasteiger charge is 2.24. The molecule has 1 rings (SSSR count). The maximum atomic E-state index is 12.4. The molecule has 4 heteroatoms. The van der Waals surface area contributed by atoms with Crippen molar-refractivity contribution in [3.05, 3.63) is 0 Å². The van der Waals surface area contributed by atoms with Crippen molar-refractivity contribution in [2.45, 2.75) is 103 Å². The summed E-state index contributed by atoms with van der Waals surface area (Å²) in [4.78, 5) is 14.5. The zero-order valence-corrected chi connectivity index (χ0v) is 19.4. The first-order valence-electron chi connectivity index (χ1n) is 11.6. The van der Waals surface area contributed by atoms with Gasteiger partial charge in [-0.15, -0.1) is 0 Å². The zero-order valence-electron chi connectivity index (χ0n) is 18.6. The predicted octanol–water partition coefficient (Wildman–Crippen LogP) is 2.78. The van der Waals surface area contributed by atoms with E-state index in [-0.39, 0.29) is 12.4 Å². The van der Waals surface area contributed by atoms with Crippen molar-refractivity contribution in [2.75, 3.05) is 40.3 Å². The van der Waals surface area contributed by atoms with E-state index in [1.54, 1.807) is 0 Å². The van der Waals surface area contributed by atoms with Crippen molar-refractivity contribution in [2.24, 2.45) is 0 Å². The minimum atomic E-state index is 0. The van der Waals surface area contributed by atoms with Gasteiger partial charge in [-0.2, -0.15) is 0 Å². The monoisotopic (exact) mass is 402 g/mol. The molecule has 0 spiro atoms. The molecule has 0 unspecified atom stereocenters. The van der Waals surface area contributed by atoms with Crippen LogP contribution in [0.4, 0.5) is 0 Å². The first-order valence-corrected chi connectivity index (χ1v) is 11.6. The van der Waals surface area contributed by atoms with E-state index < -0.39 is 0 Å². The van der Waals surface area contributed by atoms with Crippen LogP contribution in [0.2, 0.25) is 0 Å². The molecule has 1 saturated heterocycles. The number of likely N-dealkylation sites (N-methyl/N-ethyl adjacent to an activating group) is 1. The van der Waals surface area contributed by atoms with Crippen molar-refractivity contribution in [1.82, 2.24) is 4.90 Å². The molecule has 3 nitrogen and oxygen atoms in total. The van der Waals surface area contributed by atoms with E-state index in [9.17, 15) is 4.79 Å². The molecule has 1 aliphatic rings. The standard InChI is InChI=1S/C23H47N2O.ClH/c1-4-5-6-7-8-9-10-11-12-13-14-18-21-25(2,3)22-23(26)24-19-16-15-17-20-24;/h4-22H2,1-3H3;1H/q+1;/p-1. The summed E-state index contributed by atoms with van der Waals surface area (Å²) in [6.07, 6.45) is 20.4. The summed E-state index contributed by atoms with van der Waals surface area (Å²) in [5, 5.41) is 0. The summed E-state index contributed by atoms with van der Waals surface area (Å²) in [5.74, 6) is 0.369. The number of unbranched alkanes of at least 4 members (excludes halogenated alkanes) is 11. The minimum absolute atomic E-state index is 0. The summed E-state index contributed by atoms with van der Waals surface area (Å²) in [7, 11) is 4.45. The lowest BCUT2D eigenvalue weighted by Crippen LogP contribution is -3.00. The van der Waals surface area contributed by atoms with Crippen molar-refractivity contribution < 1.29 is 21.7 Å². The number of halogens is 1. The van der Waals surface area contributed by atoms with Crippen LogP contribution >= 0.6 is 0 Å². The Bertz CT molecular complexity index is 354. The van der Waals surface area contributed by atoms with Crippen molar-refractivity contribution >= 4 is 5.91 Å². The summed E-state index contributed by atoms with van der Waals surface area (Å²) in [6, 6.07) is 0. The Morgan fingerprint density at radius 2 is 1.19 bits per heavy atom. The Balaban J connectivity index is 0.00000676. The molecule has 0 aliphatic carbocycles. The molecule has 0 aromatic rings. The fourth-order valence-electron chi connectivity index (χ4n) is 4.07. The predicted molar refractivity (Wildman–Crippen MR) is 113 cm³/mol. The van der Waals surface area contributed by atoms with Crippen LogP contribution in [0.15, 0.2) is 0 Å². The van der Waals surface area contributed by atoms with Gasteiger partial charge in [0.05, 0.1) is 20.6 Å². The molecular weight excluding hydrogens is 356 g/mol. The number of hydrogen-bond acceptors (Lipinski definition) is 1. The van der Waals surface area contributed by atoms with Crippen LogP contribution in [0.25, 0.3) is 0 Å². The maximum Gasteiger partial charge on any atom is 0.277 e. The number of carbonyl (C=O) groups excluding carboxylic acids is 1. The fraction of sp³-hybridized carbons (Fsp3) is 0.957. The maximum absolute atomic E-state index is 12.4. The lowest BCUT2D eigenvalue weighted by atomic mass is 10.1. The number of amides is 1. The van der Waals surface area contributed by atoms with E-state index in [4.69, 9.17) is 0 Å². The second-order valence-electron chi connectivity index (χ2n) is 9.15. The third-order valence-electron chi connectivity index (χ3n) is 5.89. The normalized spacial score (nSPS) is 14.9. The molecule has 162 valence electrons. The second kappa shape index (κ2) is 16.7. The van der Waals surface area contributed by atoms with Gasteiger partial charge in [0.2, 0.25) is 0 Å². The van der Waals surface area contributed by atoms with Crippen LogP contribution < -0.4 is 12.4 Å². The first kappa shape index (κ1) is 26.7. The SMILES string of the molecule is CCCCCCCCCCCCCC[N+](C)(C)CC(=O)N1CCCCC1.[Cl-]. The Morgan fingerprint density at radius 1 is 0.741 bits per heavy atom. The summed E-state index contributed by atoms with van der Waals surface area (Å²) in [5.41, 5.74) is 0. The molecule has 0 radical (unpaired) electrons. The van der Waals surface area contributed by atoms with Gasteiger partial charge >= 0.3 is 0 Å². The number of piperidine rings is 1. The van der Waals surface area contributed by atoms with Gasteiger partial charge in [-0.1, -0.05) is 71.1 Å². The van der Waals surface area contributed by atoms with E-state index in [0.717, 1.165) is 24.1 Å². The van der Waals surface area contributed by atoms with Gasteiger partial charge in [0, 0.05) is 13.1 Å². The molecule has 1 amide bonds. The highest BCUT2D eigenvalue weighted by Crippen LogP contribution is 2.14. The molecular formula is C23H47ClN2O. The van der Waals surface area contributed by atoms with Gasteiger partial charge in [0.15, 0.2) is 6.54 Å². The average molecular weight is 403 g/mol. The number of carbonyl (C=O) groups is 1. The highest BCUT2D eigenvalue weighted by atomic mass is 35.5. The smallest absolute Gasteiger partial charge is 0.277 e. The van der Waals surface area contributed by atoms with Crippen molar-refractivity contribution in [3.63, 3.8) is 0 Å². The minimum Gasteiger partial charge on any atom is -1.00 e. The van der Waals surface area contributed by atoms with E-state index in [1.807, 2.05) is 0 Å².